The van der Waals surface area contributed by atoms with Gasteiger partial charge in [-0.25, -0.2) is 4.98 Å². The molecule has 0 radical (unpaired) electrons. The van der Waals surface area contributed by atoms with Crippen LogP contribution in [0.4, 0.5) is 5.82 Å². The molecule has 1 amide bonds. The summed E-state index contributed by atoms with van der Waals surface area (Å²) < 4.78 is 0. The Balaban J connectivity index is 2.76. The summed E-state index contributed by atoms with van der Waals surface area (Å²) in [6.07, 6.45) is 0. The highest BCUT2D eigenvalue weighted by Gasteiger charge is 2.12. The molecule has 0 fully saturated rings. The average Bonchev–Trinajstić information content (AvgIpc) is 2.14. The number of amides is 1. The van der Waals surface area contributed by atoms with Crippen molar-refractivity contribution >= 4 is 23.3 Å². The van der Waals surface area contributed by atoms with E-state index in [0.717, 1.165) is 11.3 Å². The Morgan fingerprint density at radius 1 is 1.53 bits per heavy atom. The summed E-state index contributed by atoms with van der Waals surface area (Å²) >= 11 is 5.59. The van der Waals surface area contributed by atoms with Crippen LogP contribution in [0, 0.1) is 19.8 Å². The number of carbonyl (C=O) groups excluding carboxylic acids is 1. The highest BCUT2D eigenvalue weighted by molar-refractivity contribution is 6.19. The molecule has 1 aromatic heterocycles. The van der Waals surface area contributed by atoms with E-state index >= 15 is 0 Å². The second kappa shape index (κ2) is 5.12. The third kappa shape index (κ3) is 3.51. The van der Waals surface area contributed by atoms with Crippen molar-refractivity contribution in [3.8, 4) is 0 Å². The van der Waals surface area contributed by atoms with Crippen LogP contribution in [-0.4, -0.2) is 16.8 Å². The normalized spacial score (nSPS) is 12.3. The molecule has 1 heterocycles. The average molecular weight is 227 g/mol. The Kier molecular flexibility index (Phi) is 4.09. The number of nitrogens with one attached hydrogen (secondary N) is 1. The molecule has 0 aliphatic carbocycles. The summed E-state index contributed by atoms with van der Waals surface area (Å²) in [6.45, 7) is 5.65. The van der Waals surface area contributed by atoms with E-state index in [2.05, 4.69) is 10.3 Å². The van der Waals surface area contributed by atoms with E-state index in [0.29, 0.717) is 11.7 Å². The first-order chi connectivity index (χ1) is 7.02. The predicted octanol–water partition coefficient (Wildman–Crippen LogP) is 2.51. The molecule has 1 rings (SSSR count). The fourth-order valence-corrected chi connectivity index (χ4v) is 1.37. The van der Waals surface area contributed by atoms with E-state index in [1.807, 2.05) is 26.0 Å². The lowest BCUT2D eigenvalue weighted by molar-refractivity contribution is -0.118. The molecule has 15 heavy (non-hydrogen) atoms. The Morgan fingerprint density at radius 2 is 2.20 bits per heavy atom. The third-order valence-electron chi connectivity index (χ3n) is 2.03. The van der Waals surface area contributed by atoms with E-state index in [1.165, 1.54) is 0 Å². The Bertz CT molecular complexity index is 345. The van der Waals surface area contributed by atoms with E-state index in [-0.39, 0.29) is 11.8 Å². The molecular weight excluding hydrogens is 212 g/mol. The fourth-order valence-electron chi connectivity index (χ4n) is 1.22. The molecule has 0 saturated carbocycles. The second-order valence-electron chi connectivity index (χ2n) is 3.72. The molecule has 0 aliphatic heterocycles. The highest BCUT2D eigenvalue weighted by atomic mass is 35.5. The number of aryl methyl sites for hydroxylation is 2. The van der Waals surface area contributed by atoms with Crippen molar-refractivity contribution in [3.63, 3.8) is 0 Å². The maximum atomic E-state index is 11.5. The number of alkyl halides is 1. The summed E-state index contributed by atoms with van der Waals surface area (Å²) in [5.41, 5.74) is 1.97. The Hall–Kier alpha value is -1.09. The molecule has 82 valence electrons. The van der Waals surface area contributed by atoms with Gasteiger partial charge in [-0.05, 0) is 31.5 Å². The number of hydrogen-bond donors (Lipinski definition) is 1. The fraction of sp³-hybridized carbons (Fsp3) is 0.455. The van der Waals surface area contributed by atoms with Gasteiger partial charge in [0, 0.05) is 17.5 Å². The van der Waals surface area contributed by atoms with Crippen molar-refractivity contribution in [2.45, 2.75) is 20.8 Å². The SMILES string of the molecule is Cc1cc(C)nc(NC(=O)C(C)CCl)c1. The van der Waals surface area contributed by atoms with Crippen LogP contribution in [-0.2, 0) is 4.79 Å². The molecular formula is C11H15ClN2O. The smallest absolute Gasteiger partial charge is 0.229 e. The molecule has 0 bridgehead atoms. The van der Waals surface area contributed by atoms with Gasteiger partial charge in [-0.3, -0.25) is 4.79 Å². The minimum atomic E-state index is -0.200. The van der Waals surface area contributed by atoms with Gasteiger partial charge in [0.1, 0.15) is 5.82 Å². The molecule has 0 spiro atoms. The van der Waals surface area contributed by atoms with Gasteiger partial charge < -0.3 is 5.32 Å². The van der Waals surface area contributed by atoms with E-state index in [9.17, 15) is 4.79 Å². The molecule has 3 nitrogen and oxygen atoms in total. The van der Waals surface area contributed by atoms with Gasteiger partial charge in [-0.1, -0.05) is 6.92 Å². The molecule has 0 aliphatic rings. The van der Waals surface area contributed by atoms with Crippen LogP contribution in [0.1, 0.15) is 18.2 Å². The van der Waals surface area contributed by atoms with Gasteiger partial charge >= 0.3 is 0 Å². The summed E-state index contributed by atoms with van der Waals surface area (Å²) in [4.78, 5) is 15.7. The van der Waals surface area contributed by atoms with Crippen molar-refractivity contribution in [2.24, 2.45) is 5.92 Å². The van der Waals surface area contributed by atoms with Crippen molar-refractivity contribution in [2.75, 3.05) is 11.2 Å². The number of carbonyl (C=O) groups is 1. The first kappa shape index (κ1) is 12.0. The monoisotopic (exact) mass is 226 g/mol. The quantitative estimate of drug-likeness (QED) is 0.805. The highest BCUT2D eigenvalue weighted by Crippen LogP contribution is 2.10. The van der Waals surface area contributed by atoms with Crippen LogP contribution in [0.25, 0.3) is 0 Å². The third-order valence-corrected chi connectivity index (χ3v) is 2.49. The van der Waals surface area contributed by atoms with Crippen LogP contribution in [0.3, 0.4) is 0 Å². The zero-order chi connectivity index (χ0) is 11.4. The van der Waals surface area contributed by atoms with Crippen LogP contribution in [0.15, 0.2) is 12.1 Å². The summed E-state index contributed by atoms with van der Waals surface area (Å²) in [5.74, 6) is 0.614. The van der Waals surface area contributed by atoms with Gasteiger partial charge in [0.25, 0.3) is 0 Å². The number of halogens is 1. The lowest BCUT2D eigenvalue weighted by Crippen LogP contribution is -2.22. The molecule has 1 atom stereocenters. The van der Waals surface area contributed by atoms with Crippen LogP contribution < -0.4 is 5.32 Å². The zero-order valence-corrected chi connectivity index (χ0v) is 9.93. The number of nitrogens with zero attached hydrogens (tertiary/aromatic N) is 1. The Morgan fingerprint density at radius 3 is 2.73 bits per heavy atom. The molecule has 0 saturated heterocycles. The van der Waals surface area contributed by atoms with Gasteiger partial charge in [0.15, 0.2) is 0 Å². The predicted molar refractivity (Wildman–Crippen MR) is 62.2 cm³/mol. The Labute approximate surface area is 94.9 Å². The van der Waals surface area contributed by atoms with E-state index in [1.54, 1.807) is 6.92 Å². The molecule has 4 heteroatoms. The van der Waals surface area contributed by atoms with Gasteiger partial charge in [0.2, 0.25) is 5.91 Å². The maximum Gasteiger partial charge on any atom is 0.229 e. The van der Waals surface area contributed by atoms with Crippen LogP contribution in [0.2, 0.25) is 0 Å². The number of hydrogen-bond acceptors (Lipinski definition) is 2. The molecule has 1 unspecified atom stereocenters. The van der Waals surface area contributed by atoms with E-state index < -0.39 is 0 Å². The van der Waals surface area contributed by atoms with Crippen molar-refractivity contribution in [1.82, 2.24) is 4.98 Å². The zero-order valence-electron chi connectivity index (χ0n) is 9.17. The van der Waals surface area contributed by atoms with Gasteiger partial charge in [0.05, 0.1) is 0 Å². The topological polar surface area (TPSA) is 42.0 Å². The first-order valence-corrected chi connectivity index (χ1v) is 5.38. The summed E-state index contributed by atoms with van der Waals surface area (Å²) in [7, 11) is 0. The largest absolute Gasteiger partial charge is 0.310 e. The van der Waals surface area contributed by atoms with Gasteiger partial charge in [-0.2, -0.15) is 0 Å². The van der Waals surface area contributed by atoms with E-state index in [4.69, 9.17) is 11.6 Å². The summed E-state index contributed by atoms with van der Waals surface area (Å²) in [6, 6.07) is 3.80. The lowest BCUT2D eigenvalue weighted by Gasteiger charge is -2.09. The second-order valence-corrected chi connectivity index (χ2v) is 4.02. The van der Waals surface area contributed by atoms with Crippen LogP contribution in [0.5, 0.6) is 0 Å². The number of anilines is 1. The minimum Gasteiger partial charge on any atom is -0.310 e. The number of pyridine rings is 1. The number of rotatable bonds is 3. The van der Waals surface area contributed by atoms with Crippen LogP contribution >= 0.6 is 11.6 Å². The van der Waals surface area contributed by atoms with Gasteiger partial charge in [-0.15, -0.1) is 11.6 Å². The molecule has 0 aromatic carbocycles. The lowest BCUT2D eigenvalue weighted by atomic mass is 10.2. The maximum absolute atomic E-state index is 11.5. The van der Waals surface area contributed by atoms with Crippen molar-refractivity contribution < 1.29 is 4.79 Å². The molecule has 1 aromatic rings. The van der Waals surface area contributed by atoms with Crippen molar-refractivity contribution in [1.29, 1.82) is 0 Å². The minimum absolute atomic E-state index is 0.0949. The first-order valence-electron chi connectivity index (χ1n) is 4.85. The summed E-state index contributed by atoms with van der Waals surface area (Å²) in [5, 5.41) is 2.74. The molecule has 1 N–H and O–H groups in total. The standard InChI is InChI=1S/C11H15ClN2O/c1-7-4-9(3)13-10(5-7)14-11(15)8(2)6-12/h4-5,8H,6H2,1-3H3,(H,13,14,15). The number of aromatic nitrogens is 1. The van der Waals surface area contributed by atoms with Crippen molar-refractivity contribution in [3.05, 3.63) is 23.4 Å².